The fourth-order valence-electron chi connectivity index (χ4n) is 10.3. The van der Waals surface area contributed by atoms with Crippen LogP contribution in [0.3, 0.4) is 0 Å². The van der Waals surface area contributed by atoms with Crippen LogP contribution in [0.25, 0.3) is 21.8 Å². The Morgan fingerprint density at radius 3 is 2.35 bits per heavy atom. The summed E-state index contributed by atoms with van der Waals surface area (Å²) >= 11 is 14.4. The predicted molar refractivity (Wildman–Crippen MR) is 310 cm³/mol. The summed E-state index contributed by atoms with van der Waals surface area (Å²) in [7, 11) is 4.41. The van der Waals surface area contributed by atoms with E-state index in [1.165, 1.54) is 57.9 Å². The van der Waals surface area contributed by atoms with Gasteiger partial charge in [-0.25, -0.2) is 15.0 Å². The van der Waals surface area contributed by atoms with Crippen LogP contribution in [0, 0.1) is 12.3 Å². The number of β-amino-alcohol motifs (C(OH)–C–C–N with tert-alkyl or cyclic N) is 1. The Morgan fingerprint density at radius 2 is 1.66 bits per heavy atom. The SMILES string of the molecule is COc1ncc(-c2nc3c(n2CCCn2cc(C(=O)NCCCCC(=O)N[C@H](C(=O)N4C[C@H](O)C[C@H]4C(=O)N[C@@H](C)c4ccc(-c5scnc5C)cc4)C(C)(C)C)nn2)[C@H](c2ccc(Cl)cc2)N(c2cc(Cl)cn(C)c2=O)C3=O)c(OC)n1. The summed E-state index contributed by atoms with van der Waals surface area (Å²) in [6.07, 6.45) is 4.85. The molecule has 7 aromatic rings. The van der Waals surface area contributed by atoms with E-state index < -0.39 is 58.8 Å². The van der Waals surface area contributed by atoms with Gasteiger partial charge < -0.3 is 44.6 Å². The van der Waals surface area contributed by atoms with Crippen LogP contribution in [0.5, 0.6) is 11.9 Å². The number of likely N-dealkylation sites (tertiary alicyclic amines) is 1. The van der Waals surface area contributed by atoms with Crippen molar-refractivity contribution in [2.75, 3.05) is 32.2 Å². The lowest BCUT2D eigenvalue weighted by Gasteiger charge is -2.35. The zero-order chi connectivity index (χ0) is 59.4. The first-order valence-electron chi connectivity index (χ1n) is 26.9. The van der Waals surface area contributed by atoms with Crippen LogP contribution in [-0.4, -0.2) is 129 Å². The van der Waals surface area contributed by atoms with Crippen LogP contribution >= 0.6 is 34.5 Å². The lowest BCUT2D eigenvalue weighted by atomic mass is 9.85. The van der Waals surface area contributed by atoms with Gasteiger partial charge in [0.15, 0.2) is 11.4 Å². The van der Waals surface area contributed by atoms with Gasteiger partial charge in [0.05, 0.1) is 64.9 Å². The molecule has 0 bridgehead atoms. The molecule has 1 saturated heterocycles. The zero-order valence-electron chi connectivity index (χ0n) is 47.1. The number of amides is 5. The Hall–Kier alpha value is -8.06. The number of anilines is 1. The summed E-state index contributed by atoms with van der Waals surface area (Å²) in [4.78, 5) is 105. The Balaban J connectivity index is 0.809. The number of halogens is 2. The van der Waals surface area contributed by atoms with E-state index in [4.69, 9.17) is 37.7 Å². The summed E-state index contributed by atoms with van der Waals surface area (Å²) in [6.45, 7) is 9.95. The van der Waals surface area contributed by atoms with E-state index >= 15 is 0 Å². The number of aryl methyl sites for hydroxylation is 3. The highest BCUT2D eigenvalue weighted by Crippen LogP contribution is 2.44. The fraction of sp³-hybridized carbons (Fsp3) is 0.404. The van der Waals surface area contributed by atoms with Crippen molar-refractivity contribution in [2.24, 2.45) is 12.5 Å². The molecule has 7 heterocycles. The van der Waals surface area contributed by atoms with Gasteiger partial charge in [0.2, 0.25) is 23.6 Å². The molecular formula is C57H64Cl2N14O9S. The molecular weight excluding hydrogens is 1130 g/mol. The van der Waals surface area contributed by atoms with Crippen molar-refractivity contribution in [3.63, 3.8) is 0 Å². The fourth-order valence-corrected chi connectivity index (χ4v) is 11.5. The molecule has 9 rings (SSSR count). The Morgan fingerprint density at radius 1 is 0.916 bits per heavy atom. The van der Waals surface area contributed by atoms with Gasteiger partial charge in [0.1, 0.15) is 29.6 Å². The predicted octanol–water partition coefficient (Wildman–Crippen LogP) is 6.50. The second-order valence-electron chi connectivity index (χ2n) is 21.5. The molecule has 0 aliphatic carbocycles. The number of methoxy groups -OCH3 is 2. The molecule has 5 amide bonds. The number of unbranched alkanes of at least 4 members (excludes halogenated alkanes) is 1. The van der Waals surface area contributed by atoms with Crippen molar-refractivity contribution in [3.05, 3.63) is 133 Å². The smallest absolute Gasteiger partial charge is 0.319 e. The van der Waals surface area contributed by atoms with Crippen LogP contribution in [0.1, 0.15) is 115 Å². The molecule has 436 valence electrons. The second-order valence-corrected chi connectivity index (χ2v) is 23.2. The molecule has 2 aromatic carbocycles. The van der Waals surface area contributed by atoms with E-state index in [9.17, 15) is 33.9 Å². The van der Waals surface area contributed by atoms with Gasteiger partial charge in [-0.05, 0) is 73.4 Å². The Labute approximate surface area is 492 Å². The number of thiazole rings is 1. The van der Waals surface area contributed by atoms with Crippen molar-refractivity contribution < 1.29 is 38.6 Å². The molecule has 0 radical (unpaired) electrons. The zero-order valence-corrected chi connectivity index (χ0v) is 49.4. The largest absolute Gasteiger partial charge is 0.480 e. The molecule has 0 saturated carbocycles. The maximum absolute atomic E-state index is 14.7. The van der Waals surface area contributed by atoms with E-state index in [1.54, 1.807) is 48.2 Å². The highest BCUT2D eigenvalue weighted by atomic mass is 35.5. The summed E-state index contributed by atoms with van der Waals surface area (Å²) < 4.78 is 15.6. The summed E-state index contributed by atoms with van der Waals surface area (Å²) in [6, 6.07) is 13.1. The van der Waals surface area contributed by atoms with Crippen molar-refractivity contribution >= 4 is 69.8 Å². The highest BCUT2D eigenvalue weighted by molar-refractivity contribution is 7.13. The van der Waals surface area contributed by atoms with Gasteiger partial charge >= 0.3 is 6.01 Å². The molecule has 26 heteroatoms. The molecule has 5 atom stereocenters. The molecule has 23 nitrogen and oxygen atoms in total. The maximum atomic E-state index is 14.7. The molecule has 0 spiro atoms. The van der Waals surface area contributed by atoms with Crippen LogP contribution in [0.15, 0.2) is 83.5 Å². The topological polar surface area (TPSA) is 276 Å². The number of pyridine rings is 1. The third-order valence-electron chi connectivity index (χ3n) is 14.6. The molecule has 2 aliphatic heterocycles. The van der Waals surface area contributed by atoms with E-state index in [0.717, 1.165) is 21.7 Å². The first-order chi connectivity index (χ1) is 39.6. The second kappa shape index (κ2) is 25.2. The van der Waals surface area contributed by atoms with Gasteiger partial charge in [-0.15, -0.1) is 16.4 Å². The number of hydrogen-bond donors (Lipinski definition) is 4. The number of aliphatic hydroxyl groups is 1. The van der Waals surface area contributed by atoms with Gasteiger partial charge in [0.25, 0.3) is 17.4 Å². The van der Waals surface area contributed by atoms with Crippen molar-refractivity contribution in [1.29, 1.82) is 0 Å². The maximum Gasteiger partial charge on any atom is 0.319 e. The number of nitrogens with zero attached hydrogens (tertiary/aromatic N) is 11. The summed E-state index contributed by atoms with van der Waals surface area (Å²) in [5, 5.41) is 28.5. The minimum Gasteiger partial charge on any atom is -0.480 e. The number of ether oxygens (including phenoxy) is 2. The number of fused-ring (bicyclic) bond motifs is 1. The van der Waals surface area contributed by atoms with Gasteiger partial charge in [-0.3, -0.25) is 38.3 Å². The average Bonchev–Trinajstić information content (AvgIpc) is 2.06. The van der Waals surface area contributed by atoms with Gasteiger partial charge in [-0.2, -0.15) is 4.98 Å². The van der Waals surface area contributed by atoms with Crippen LogP contribution in [-0.2, 0) is 34.5 Å². The Bertz CT molecular complexity index is 3620. The number of aromatic nitrogens is 9. The number of aliphatic hydroxyl groups excluding tert-OH is 1. The van der Waals surface area contributed by atoms with E-state index in [1.807, 2.05) is 63.5 Å². The van der Waals surface area contributed by atoms with Crippen LogP contribution in [0.4, 0.5) is 5.69 Å². The molecule has 1 fully saturated rings. The van der Waals surface area contributed by atoms with Crippen molar-refractivity contribution in [1.82, 2.24) is 64.9 Å². The number of hydrogen-bond acceptors (Lipinski definition) is 16. The molecule has 5 aromatic heterocycles. The highest BCUT2D eigenvalue weighted by Gasteiger charge is 2.47. The minimum atomic E-state index is -0.996. The summed E-state index contributed by atoms with van der Waals surface area (Å²) in [5.74, 6) is -1.82. The standard InChI is InChI=1S/C57H64Cl2N14O9S/c1-31(33-13-15-35(16-14-33)47-32(2)62-30-83-47)63-51(77)41-25-38(74)28-72(41)55(80)48(57(3,4)5)64-43(75)12-9-10-21-60-50(76)40-29-70(68-67-40)22-11-23-71-46-44(65-49(71)39-26-61-56(82-8)66-52(39)81-7)54(79)73(42-24-37(59)27-69(6)53(42)78)45(46)34-17-19-36(58)20-18-34/h13-20,24,26-27,29-31,38,41,45,48,74H,9-12,21-23,25,28H2,1-8H3,(H,60,76)(H,63,77)(H,64,75)/t31-,38+,41-,45-,48+/m0/s1. The third-order valence-corrected chi connectivity index (χ3v) is 16.0. The van der Waals surface area contributed by atoms with Gasteiger partial charge in [-0.1, -0.05) is 85.6 Å². The van der Waals surface area contributed by atoms with Gasteiger partial charge in [0, 0.05) is 63.5 Å². The number of nitrogens with one attached hydrogen (secondary N) is 3. The van der Waals surface area contributed by atoms with Crippen LogP contribution < -0.4 is 35.9 Å². The Kier molecular flexibility index (Phi) is 18.1. The number of carbonyl (C=O) groups excluding carboxylic acids is 5. The van der Waals surface area contributed by atoms with Crippen molar-refractivity contribution in [3.8, 4) is 33.7 Å². The monoisotopic (exact) mass is 1190 g/mol. The van der Waals surface area contributed by atoms with E-state index in [-0.39, 0.29) is 85.0 Å². The molecule has 83 heavy (non-hydrogen) atoms. The molecule has 0 unspecified atom stereocenters. The first kappa shape index (κ1) is 59.6. The number of carbonyl (C=O) groups is 5. The number of imidazole rings is 1. The number of benzene rings is 2. The lowest BCUT2D eigenvalue weighted by molar-refractivity contribution is -0.144. The molecule has 2 aliphatic rings. The minimum absolute atomic E-state index is 0.0455. The summed E-state index contributed by atoms with van der Waals surface area (Å²) in [5.41, 5.74) is 5.10. The van der Waals surface area contributed by atoms with Crippen LogP contribution in [0.2, 0.25) is 10.0 Å². The third kappa shape index (κ3) is 12.9. The number of rotatable bonds is 21. The first-order valence-corrected chi connectivity index (χ1v) is 28.6. The normalized spacial score (nSPS) is 16.6. The molecule has 4 N–H and O–H groups in total. The van der Waals surface area contributed by atoms with Crippen molar-refractivity contribution in [2.45, 2.75) is 110 Å². The lowest BCUT2D eigenvalue weighted by Crippen LogP contribution is -2.57. The van der Waals surface area contributed by atoms with E-state index in [2.05, 4.69) is 41.2 Å². The quantitative estimate of drug-likeness (QED) is 0.0560. The average molecular weight is 1190 g/mol. The van der Waals surface area contributed by atoms with E-state index in [0.29, 0.717) is 46.9 Å².